The van der Waals surface area contributed by atoms with Crippen LogP contribution in [-0.2, 0) is 23.8 Å². The molecular weight excluding hydrogens is 813 g/mol. The van der Waals surface area contributed by atoms with Crippen LogP contribution in [0.3, 0.4) is 0 Å². The molecule has 0 saturated heterocycles. The van der Waals surface area contributed by atoms with Crippen LogP contribution in [0.5, 0.6) is 0 Å². The summed E-state index contributed by atoms with van der Waals surface area (Å²) in [4.78, 5) is 25.5. The molecule has 0 radical (unpaired) electrons. The van der Waals surface area contributed by atoms with Crippen LogP contribution in [-0.4, -0.2) is 37.9 Å². The first-order chi connectivity index (χ1) is 32.6. The Hall–Kier alpha value is -3.18. The standard InChI is InChI=1S/C61H104O5/c1-4-7-10-13-16-19-22-25-27-29-31-33-35-37-39-42-45-48-51-54-60(62)65-58-59(57-64-56-53-50-47-44-41-24-21-18-15-12-9-6-3)66-61(63)55-52-49-46-43-40-38-36-34-32-30-28-26-23-20-17-14-11-8-5-2/h7,10,15-20,25-28,31-34,59H,4-6,8-9,11-14,21-24,29-30,35-58H2,1-3H3/b10-7-,18-15-,19-16-,20-17-,27-25-,28-26-,33-31-,34-32-. The van der Waals surface area contributed by atoms with E-state index in [4.69, 9.17) is 14.2 Å². The molecule has 0 aliphatic heterocycles. The largest absolute Gasteiger partial charge is 0.462 e. The molecule has 0 aromatic carbocycles. The first kappa shape index (κ1) is 62.8. The van der Waals surface area contributed by atoms with E-state index in [2.05, 4.69) is 118 Å². The quantitative estimate of drug-likeness (QED) is 0.0346. The van der Waals surface area contributed by atoms with Crippen LogP contribution < -0.4 is 0 Å². The Balaban J connectivity index is 4.31. The average molecular weight is 917 g/mol. The fraction of sp³-hybridized carbons (Fsp3) is 0.705. The van der Waals surface area contributed by atoms with E-state index >= 15 is 0 Å². The van der Waals surface area contributed by atoms with E-state index in [0.717, 1.165) is 103 Å². The number of rotatable bonds is 50. The minimum Gasteiger partial charge on any atom is -0.462 e. The van der Waals surface area contributed by atoms with Crippen molar-refractivity contribution in [1.29, 1.82) is 0 Å². The van der Waals surface area contributed by atoms with E-state index in [1.165, 1.54) is 116 Å². The van der Waals surface area contributed by atoms with Gasteiger partial charge in [-0.15, -0.1) is 0 Å². The monoisotopic (exact) mass is 917 g/mol. The van der Waals surface area contributed by atoms with Gasteiger partial charge in [0.2, 0.25) is 0 Å². The van der Waals surface area contributed by atoms with Gasteiger partial charge < -0.3 is 14.2 Å². The fourth-order valence-corrected chi connectivity index (χ4v) is 7.43. The molecule has 1 atom stereocenters. The Bertz CT molecular complexity index is 1270. The normalized spacial score (nSPS) is 13.0. The van der Waals surface area contributed by atoms with Crippen molar-refractivity contribution in [3.63, 3.8) is 0 Å². The van der Waals surface area contributed by atoms with Crippen molar-refractivity contribution in [3.8, 4) is 0 Å². The summed E-state index contributed by atoms with van der Waals surface area (Å²) in [5, 5.41) is 0. The van der Waals surface area contributed by atoms with E-state index in [-0.39, 0.29) is 25.2 Å². The number of carbonyl (C=O) groups excluding carboxylic acids is 2. The van der Waals surface area contributed by atoms with E-state index in [0.29, 0.717) is 19.4 Å². The SMILES string of the molecule is CC/C=C\C/C=C\C/C=C\C/C=C\CCCCCCCCC(=O)OCC(COCCCCCCCC/C=C\CCCC)OC(=O)CCCCCCCC/C=C\C/C=C\C/C=C\CCCCC. The maximum atomic E-state index is 12.8. The van der Waals surface area contributed by atoms with E-state index in [1.807, 2.05) is 0 Å². The molecule has 5 nitrogen and oxygen atoms in total. The van der Waals surface area contributed by atoms with Crippen molar-refractivity contribution in [3.05, 3.63) is 97.2 Å². The number of ether oxygens (including phenoxy) is 3. The van der Waals surface area contributed by atoms with Crippen molar-refractivity contribution in [2.45, 2.75) is 258 Å². The van der Waals surface area contributed by atoms with Gasteiger partial charge in [-0.05, 0) is 116 Å². The summed E-state index contributed by atoms with van der Waals surface area (Å²) in [6.45, 7) is 7.62. The Morgan fingerprint density at radius 2 is 0.697 bits per heavy atom. The molecule has 0 heterocycles. The van der Waals surface area contributed by atoms with Crippen LogP contribution in [0.15, 0.2) is 97.2 Å². The second-order valence-electron chi connectivity index (χ2n) is 18.1. The second-order valence-corrected chi connectivity index (χ2v) is 18.1. The summed E-state index contributed by atoms with van der Waals surface area (Å²) in [6.07, 6.45) is 75.6. The lowest BCUT2D eigenvalue weighted by Gasteiger charge is -2.18. The molecule has 0 aliphatic rings. The van der Waals surface area contributed by atoms with Gasteiger partial charge in [-0.3, -0.25) is 9.59 Å². The van der Waals surface area contributed by atoms with Crippen molar-refractivity contribution in [2.75, 3.05) is 19.8 Å². The maximum absolute atomic E-state index is 12.8. The third-order valence-electron chi connectivity index (χ3n) is 11.6. The van der Waals surface area contributed by atoms with Gasteiger partial charge in [-0.25, -0.2) is 0 Å². The summed E-state index contributed by atoms with van der Waals surface area (Å²) in [5.41, 5.74) is 0. The van der Waals surface area contributed by atoms with Gasteiger partial charge in [-0.1, -0.05) is 221 Å². The zero-order valence-corrected chi connectivity index (χ0v) is 43.4. The molecule has 66 heavy (non-hydrogen) atoms. The molecule has 0 aliphatic carbocycles. The molecule has 0 saturated carbocycles. The van der Waals surface area contributed by atoms with Crippen molar-refractivity contribution in [1.82, 2.24) is 0 Å². The zero-order chi connectivity index (χ0) is 47.7. The highest BCUT2D eigenvalue weighted by molar-refractivity contribution is 5.70. The molecule has 1 unspecified atom stereocenters. The van der Waals surface area contributed by atoms with E-state index < -0.39 is 6.10 Å². The molecule has 378 valence electrons. The summed E-state index contributed by atoms with van der Waals surface area (Å²) < 4.78 is 17.4. The predicted molar refractivity (Wildman–Crippen MR) is 288 cm³/mol. The molecule has 0 spiro atoms. The molecule has 0 amide bonds. The number of unbranched alkanes of at least 4 members (excludes halogenated alkanes) is 23. The highest BCUT2D eigenvalue weighted by Gasteiger charge is 2.17. The number of hydrogen-bond donors (Lipinski definition) is 0. The van der Waals surface area contributed by atoms with Gasteiger partial charge in [-0.2, -0.15) is 0 Å². The first-order valence-corrected chi connectivity index (χ1v) is 27.8. The van der Waals surface area contributed by atoms with Gasteiger partial charge in [0, 0.05) is 19.4 Å². The highest BCUT2D eigenvalue weighted by Crippen LogP contribution is 2.14. The summed E-state index contributed by atoms with van der Waals surface area (Å²) >= 11 is 0. The summed E-state index contributed by atoms with van der Waals surface area (Å²) in [5.74, 6) is -0.431. The van der Waals surface area contributed by atoms with E-state index in [1.54, 1.807) is 0 Å². The molecule has 0 bridgehead atoms. The zero-order valence-electron chi connectivity index (χ0n) is 43.4. The molecule has 0 rings (SSSR count). The molecule has 0 aromatic rings. The van der Waals surface area contributed by atoms with Crippen molar-refractivity contribution < 1.29 is 23.8 Å². The van der Waals surface area contributed by atoms with Gasteiger partial charge in [0.1, 0.15) is 6.61 Å². The number of allylic oxidation sites excluding steroid dienone is 16. The smallest absolute Gasteiger partial charge is 0.306 e. The van der Waals surface area contributed by atoms with Crippen LogP contribution in [0, 0.1) is 0 Å². The number of hydrogen-bond acceptors (Lipinski definition) is 5. The summed E-state index contributed by atoms with van der Waals surface area (Å²) in [7, 11) is 0. The van der Waals surface area contributed by atoms with Gasteiger partial charge in [0.15, 0.2) is 6.10 Å². The molecular formula is C61H104O5. The van der Waals surface area contributed by atoms with Crippen LogP contribution in [0.2, 0.25) is 0 Å². The van der Waals surface area contributed by atoms with Crippen LogP contribution in [0.25, 0.3) is 0 Å². The lowest BCUT2D eigenvalue weighted by Crippen LogP contribution is -2.30. The lowest BCUT2D eigenvalue weighted by molar-refractivity contribution is -0.163. The second kappa shape index (κ2) is 56.1. The van der Waals surface area contributed by atoms with Crippen LogP contribution in [0.4, 0.5) is 0 Å². The topological polar surface area (TPSA) is 61.8 Å². The Labute approximate surface area is 409 Å². The van der Waals surface area contributed by atoms with Crippen LogP contribution >= 0.6 is 0 Å². The molecule has 0 aromatic heterocycles. The first-order valence-electron chi connectivity index (χ1n) is 27.8. The Morgan fingerprint density at radius 3 is 1.15 bits per heavy atom. The molecule has 0 N–H and O–H groups in total. The maximum Gasteiger partial charge on any atom is 0.306 e. The minimum atomic E-state index is -0.558. The lowest BCUT2D eigenvalue weighted by atomic mass is 10.1. The number of carbonyl (C=O) groups is 2. The molecule has 0 fully saturated rings. The summed E-state index contributed by atoms with van der Waals surface area (Å²) in [6, 6.07) is 0. The van der Waals surface area contributed by atoms with Gasteiger partial charge in [0.05, 0.1) is 6.61 Å². The third-order valence-corrected chi connectivity index (χ3v) is 11.6. The predicted octanol–water partition coefficient (Wildman–Crippen LogP) is 19.0. The van der Waals surface area contributed by atoms with E-state index in [9.17, 15) is 9.59 Å². The van der Waals surface area contributed by atoms with Crippen LogP contribution in [0.1, 0.15) is 252 Å². The van der Waals surface area contributed by atoms with Crippen molar-refractivity contribution in [2.24, 2.45) is 0 Å². The van der Waals surface area contributed by atoms with Gasteiger partial charge >= 0.3 is 11.9 Å². The highest BCUT2D eigenvalue weighted by atomic mass is 16.6. The Morgan fingerprint density at radius 1 is 0.348 bits per heavy atom. The molecule has 5 heteroatoms. The fourth-order valence-electron chi connectivity index (χ4n) is 7.43. The number of esters is 2. The Kier molecular flexibility index (Phi) is 53.4. The minimum absolute atomic E-state index is 0.0655. The average Bonchev–Trinajstić information content (AvgIpc) is 3.32. The van der Waals surface area contributed by atoms with Crippen molar-refractivity contribution >= 4 is 11.9 Å². The third kappa shape index (κ3) is 53.4. The van der Waals surface area contributed by atoms with Gasteiger partial charge in [0.25, 0.3) is 0 Å².